The predicted octanol–water partition coefficient (Wildman–Crippen LogP) is 6.12. The number of allylic oxidation sites excluding steroid dienone is 3. The third-order valence-corrected chi connectivity index (χ3v) is 9.13. The second-order valence-corrected chi connectivity index (χ2v) is 11.5. The first-order chi connectivity index (χ1) is 15.9. The van der Waals surface area contributed by atoms with Crippen molar-refractivity contribution in [2.75, 3.05) is 20.8 Å². The summed E-state index contributed by atoms with van der Waals surface area (Å²) in [7, 11) is 3.40. The van der Waals surface area contributed by atoms with Crippen LogP contribution in [0.4, 0.5) is 0 Å². The summed E-state index contributed by atoms with van der Waals surface area (Å²) in [5.74, 6) is 1.86. The topological polar surface area (TPSA) is 57.2 Å². The summed E-state index contributed by atoms with van der Waals surface area (Å²) in [6.45, 7) is 13.3. The van der Waals surface area contributed by atoms with Gasteiger partial charge < -0.3 is 24.1 Å². The van der Waals surface area contributed by atoms with E-state index in [4.69, 9.17) is 18.9 Å². The predicted molar refractivity (Wildman–Crippen MR) is 134 cm³/mol. The van der Waals surface area contributed by atoms with Gasteiger partial charge in [-0.3, -0.25) is 0 Å². The van der Waals surface area contributed by atoms with Gasteiger partial charge in [0, 0.05) is 22.8 Å². The van der Waals surface area contributed by atoms with Gasteiger partial charge in [-0.2, -0.15) is 0 Å². The fraction of sp³-hybridized carbons (Fsp3) is 0.655. The second-order valence-electron chi connectivity index (χ2n) is 11.5. The van der Waals surface area contributed by atoms with Crippen molar-refractivity contribution in [3.8, 4) is 11.5 Å². The molecule has 5 nitrogen and oxygen atoms in total. The maximum absolute atomic E-state index is 10.8. The number of benzene rings is 1. The van der Waals surface area contributed by atoms with Crippen molar-refractivity contribution >= 4 is 0 Å². The monoisotopic (exact) mass is 470 g/mol. The Morgan fingerprint density at radius 3 is 2.50 bits per heavy atom. The average molecular weight is 471 g/mol. The van der Waals surface area contributed by atoms with E-state index in [2.05, 4.69) is 46.8 Å². The Kier molecular flexibility index (Phi) is 6.35. The molecule has 5 heteroatoms. The van der Waals surface area contributed by atoms with Crippen LogP contribution in [0, 0.1) is 23.2 Å². The fourth-order valence-corrected chi connectivity index (χ4v) is 6.76. The van der Waals surface area contributed by atoms with Gasteiger partial charge in [-0.25, -0.2) is 0 Å². The summed E-state index contributed by atoms with van der Waals surface area (Å²) < 4.78 is 24.4. The molecule has 188 valence electrons. The van der Waals surface area contributed by atoms with Gasteiger partial charge in [-0.1, -0.05) is 45.8 Å². The molecule has 4 atom stereocenters. The van der Waals surface area contributed by atoms with E-state index >= 15 is 0 Å². The van der Waals surface area contributed by atoms with E-state index in [1.807, 2.05) is 19.1 Å². The number of hydrogen-bond acceptors (Lipinski definition) is 5. The molecule has 2 fully saturated rings. The van der Waals surface area contributed by atoms with Gasteiger partial charge in [-0.05, 0) is 56.9 Å². The fourth-order valence-electron chi connectivity index (χ4n) is 6.76. The molecule has 1 aromatic carbocycles. The van der Waals surface area contributed by atoms with Gasteiger partial charge in [0.1, 0.15) is 17.3 Å². The van der Waals surface area contributed by atoms with Crippen molar-refractivity contribution in [1.29, 1.82) is 0 Å². The van der Waals surface area contributed by atoms with Crippen LogP contribution >= 0.6 is 0 Å². The van der Waals surface area contributed by atoms with Gasteiger partial charge in [0.25, 0.3) is 0 Å². The Bertz CT molecular complexity index is 1010. The number of fused-ring (bicyclic) bond motifs is 2. The summed E-state index contributed by atoms with van der Waals surface area (Å²) in [6, 6.07) is 4.04. The Hall–Kier alpha value is -1.98. The highest BCUT2D eigenvalue weighted by Gasteiger charge is 2.73. The maximum Gasteiger partial charge on any atom is 0.224 e. The molecular formula is C29H42O5. The van der Waals surface area contributed by atoms with Crippen LogP contribution in [0.1, 0.15) is 71.4 Å². The molecule has 0 radical (unpaired) electrons. The van der Waals surface area contributed by atoms with Crippen LogP contribution in [0.5, 0.6) is 11.5 Å². The highest BCUT2D eigenvalue weighted by Crippen LogP contribution is 2.69. The summed E-state index contributed by atoms with van der Waals surface area (Å²) >= 11 is 0. The first-order valence-electron chi connectivity index (χ1n) is 12.5. The molecular weight excluding hydrogens is 428 g/mol. The van der Waals surface area contributed by atoms with Crippen LogP contribution in [0.25, 0.3) is 0 Å². The molecule has 1 aliphatic carbocycles. The quantitative estimate of drug-likeness (QED) is 0.508. The zero-order chi connectivity index (χ0) is 24.9. The first-order valence-corrected chi connectivity index (χ1v) is 12.5. The molecule has 0 aromatic heterocycles. The first kappa shape index (κ1) is 25.1. The minimum atomic E-state index is -0.831. The minimum Gasteiger partial charge on any atom is -0.497 e. The number of ether oxygens (including phenoxy) is 4. The van der Waals surface area contributed by atoms with E-state index in [1.165, 1.54) is 5.57 Å². The Morgan fingerprint density at radius 2 is 1.88 bits per heavy atom. The number of aliphatic hydroxyl groups excluding tert-OH is 1. The van der Waals surface area contributed by atoms with Gasteiger partial charge in [-0.15, -0.1) is 0 Å². The maximum atomic E-state index is 10.8. The molecule has 1 saturated carbocycles. The number of rotatable bonds is 6. The minimum absolute atomic E-state index is 0.0324. The smallest absolute Gasteiger partial charge is 0.224 e. The van der Waals surface area contributed by atoms with Gasteiger partial charge >= 0.3 is 0 Å². The normalized spacial score (nSPS) is 34.6. The van der Waals surface area contributed by atoms with Crippen molar-refractivity contribution in [2.24, 2.45) is 16.2 Å². The molecule has 1 spiro atoms. The third kappa shape index (κ3) is 3.58. The van der Waals surface area contributed by atoms with Crippen molar-refractivity contribution in [2.45, 2.75) is 85.5 Å². The molecule has 0 unspecified atom stereocenters. The lowest BCUT2D eigenvalue weighted by atomic mass is 9.55. The van der Waals surface area contributed by atoms with Crippen LogP contribution < -0.4 is 9.47 Å². The number of aryl methyl sites for hydroxylation is 1. The van der Waals surface area contributed by atoms with Crippen molar-refractivity contribution < 1.29 is 24.1 Å². The molecule has 0 amide bonds. The molecule has 34 heavy (non-hydrogen) atoms. The Balaban J connectivity index is 1.62. The third-order valence-electron chi connectivity index (χ3n) is 9.13. The second kappa shape index (κ2) is 8.60. The molecule has 0 bridgehead atoms. The van der Waals surface area contributed by atoms with Crippen LogP contribution in [0.3, 0.4) is 0 Å². The van der Waals surface area contributed by atoms with E-state index < -0.39 is 17.3 Å². The molecule has 1 aromatic rings. The zero-order valence-electron chi connectivity index (χ0n) is 22.2. The molecule has 1 N–H and O–H groups in total. The van der Waals surface area contributed by atoms with Gasteiger partial charge in [0.05, 0.1) is 32.3 Å². The van der Waals surface area contributed by atoms with E-state index in [0.717, 1.165) is 54.1 Å². The molecule has 1 saturated heterocycles. The molecule has 2 heterocycles. The van der Waals surface area contributed by atoms with E-state index in [1.54, 1.807) is 14.2 Å². The number of aliphatic hydroxyl groups is 1. The summed E-state index contributed by atoms with van der Waals surface area (Å²) in [5, 5.41) is 10.8. The average Bonchev–Trinajstić information content (AvgIpc) is 3.20. The number of methoxy groups -OCH3 is 2. The molecule has 4 rings (SSSR count). The van der Waals surface area contributed by atoms with Crippen LogP contribution in [0.2, 0.25) is 0 Å². The van der Waals surface area contributed by atoms with Crippen molar-refractivity contribution in [3.05, 3.63) is 46.7 Å². The Morgan fingerprint density at radius 1 is 1.15 bits per heavy atom. The van der Waals surface area contributed by atoms with Crippen molar-refractivity contribution in [3.63, 3.8) is 0 Å². The SMILES string of the molecule is COc1cc(C)c(OC)c(C/C=C(\C)CC2=C[C@@]3(C)CCC[C@@]3(C)[C@]3(OC[C@H](O)C3(C)C)O2)c1. The van der Waals surface area contributed by atoms with Crippen LogP contribution in [-0.4, -0.2) is 37.8 Å². The highest BCUT2D eigenvalue weighted by atomic mass is 16.7. The number of hydrogen-bond donors (Lipinski definition) is 1. The lowest BCUT2D eigenvalue weighted by Crippen LogP contribution is -2.63. The van der Waals surface area contributed by atoms with Crippen LogP contribution in [0.15, 0.2) is 35.6 Å². The summed E-state index contributed by atoms with van der Waals surface area (Å²) in [5.41, 5.74) is 2.67. The van der Waals surface area contributed by atoms with Gasteiger partial charge in [0.15, 0.2) is 0 Å². The molecule has 2 aliphatic heterocycles. The summed E-state index contributed by atoms with van der Waals surface area (Å²) in [6.07, 6.45) is 8.80. The van der Waals surface area contributed by atoms with E-state index in [-0.39, 0.29) is 10.8 Å². The molecule has 3 aliphatic rings. The zero-order valence-corrected chi connectivity index (χ0v) is 22.2. The van der Waals surface area contributed by atoms with Crippen molar-refractivity contribution in [1.82, 2.24) is 0 Å². The standard InChI is InChI=1S/C29H42O5/c1-19(10-11-21-16-22(31-7)15-20(2)25(21)32-8)14-23-17-27(5)12-9-13-28(27,6)29(34-23)26(3,4)24(30)18-33-29/h10,15-17,24,30H,9,11-14,18H2,1-8H3/b19-10+/t24-,27+,28+,29+/m0/s1. The van der Waals surface area contributed by atoms with E-state index in [9.17, 15) is 5.11 Å². The summed E-state index contributed by atoms with van der Waals surface area (Å²) in [4.78, 5) is 0. The van der Waals surface area contributed by atoms with E-state index in [0.29, 0.717) is 13.0 Å². The highest BCUT2D eigenvalue weighted by molar-refractivity contribution is 5.47. The van der Waals surface area contributed by atoms with Crippen LogP contribution in [-0.2, 0) is 15.9 Å². The van der Waals surface area contributed by atoms with Gasteiger partial charge in [0.2, 0.25) is 5.79 Å². The lowest BCUT2D eigenvalue weighted by molar-refractivity contribution is -0.324. The largest absolute Gasteiger partial charge is 0.497 e. The lowest BCUT2D eigenvalue weighted by Gasteiger charge is -2.59. The Labute approximate surface area is 205 Å².